The van der Waals surface area contributed by atoms with E-state index in [1.54, 1.807) is 0 Å². The molecule has 0 amide bonds. The third kappa shape index (κ3) is 2.52. The Morgan fingerprint density at radius 2 is 2.41 bits per heavy atom. The summed E-state index contributed by atoms with van der Waals surface area (Å²) in [6.45, 7) is 1.55. The van der Waals surface area contributed by atoms with E-state index < -0.39 is 4.92 Å². The lowest BCUT2D eigenvalue weighted by Crippen LogP contribution is -2.20. The van der Waals surface area contributed by atoms with Crippen LogP contribution in [0.3, 0.4) is 0 Å². The van der Waals surface area contributed by atoms with Crippen LogP contribution in [-0.4, -0.2) is 24.1 Å². The van der Waals surface area contributed by atoms with Crippen molar-refractivity contribution in [3.63, 3.8) is 0 Å². The Labute approximate surface area is 98.0 Å². The monoisotopic (exact) mass is 233 g/mol. The zero-order valence-electron chi connectivity index (χ0n) is 9.05. The summed E-state index contributed by atoms with van der Waals surface area (Å²) in [5.41, 5.74) is 0.101. The summed E-state index contributed by atoms with van der Waals surface area (Å²) < 4.78 is 5.55. The highest BCUT2D eigenvalue weighted by atomic mass is 16.6. The molecule has 1 aliphatic rings. The van der Waals surface area contributed by atoms with Crippen LogP contribution in [0.15, 0.2) is 18.2 Å². The predicted octanol–water partition coefficient (Wildman–Crippen LogP) is 1.21. The SMILES string of the molecule is N#Cc1ccc(O[C@@H]2CCNC2)c([N+](=O)[O-])c1. The van der Waals surface area contributed by atoms with E-state index in [0.717, 1.165) is 13.0 Å². The number of nitrogens with one attached hydrogen (secondary N) is 1. The Hall–Kier alpha value is -2.13. The average Bonchev–Trinajstić information content (AvgIpc) is 2.82. The van der Waals surface area contributed by atoms with Crippen LogP contribution >= 0.6 is 0 Å². The van der Waals surface area contributed by atoms with Crippen molar-refractivity contribution in [2.45, 2.75) is 12.5 Å². The first kappa shape index (κ1) is 11.4. The van der Waals surface area contributed by atoms with Gasteiger partial charge in [0.1, 0.15) is 6.10 Å². The van der Waals surface area contributed by atoms with Gasteiger partial charge in [-0.25, -0.2) is 0 Å². The Balaban J connectivity index is 2.26. The van der Waals surface area contributed by atoms with Crippen LogP contribution < -0.4 is 10.1 Å². The molecule has 1 N–H and O–H groups in total. The summed E-state index contributed by atoms with van der Waals surface area (Å²) in [6.07, 6.45) is 0.790. The van der Waals surface area contributed by atoms with Crippen LogP contribution in [0, 0.1) is 21.4 Å². The van der Waals surface area contributed by atoms with Crippen molar-refractivity contribution in [1.82, 2.24) is 5.32 Å². The zero-order valence-corrected chi connectivity index (χ0v) is 9.05. The molecular formula is C11H11N3O3. The Morgan fingerprint density at radius 3 is 3.00 bits per heavy atom. The maximum absolute atomic E-state index is 10.9. The van der Waals surface area contributed by atoms with Crippen LogP contribution in [0.1, 0.15) is 12.0 Å². The topological polar surface area (TPSA) is 88.2 Å². The third-order valence-electron chi connectivity index (χ3n) is 2.59. The van der Waals surface area contributed by atoms with Gasteiger partial charge in [-0.15, -0.1) is 0 Å². The minimum Gasteiger partial charge on any atom is -0.482 e. The highest BCUT2D eigenvalue weighted by Gasteiger charge is 2.22. The van der Waals surface area contributed by atoms with Gasteiger partial charge in [0.25, 0.3) is 0 Å². The number of nitriles is 1. The molecule has 1 aliphatic heterocycles. The maximum Gasteiger partial charge on any atom is 0.312 e. The van der Waals surface area contributed by atoms with Gasteiger partial charge in [-0.2, -0.15) is 5.26 Å². The molecule has 1 aromatic carbocycles. The van der Waals surface area contributed by atoms with Crippen molar-refractivity contribution in [1.29, 1.82) is 5.26 Å². The molecule has 0 bridgehead atoms. The van der Waals surface area contributed by atoms with Gasteiger partial charge in [0, 0.05) is 12.6 Å². The molecular weight excluding hydrogens is 222 g/mol. The van der Waals surface area contributed by atoms with Gasteiger partial charge in [0.05, 0.1) is 16.6 Å². The summed E-state index contributed by atoms with van der Waals surface area (Å²) >= 11 is 0. The van der Waals surface area contributed by atoms with Crippen molar-refractivity contribution < 1.29 is 9.66 Å². The van der Waals surface area contributed by atoms with Crippen molar-refractivity contribution in [3.8, 4) is 11.8 Å². The van der Waals surface area contributed by atoms with Gasteiger partial charge < -0.3 is 10.1 Å². The summed E-state index contributed by atoms with van der Waals surface area (Å²) in [5, 5.41) is 22.7. The molecule has 0 radical (unpaired) electrons. The highest BCUT2D eigenvalue weighted by Crippen LogP contribution is 2.29. The first-order chi connectivity index (χ1) is 8.20. The van der Waals surface area contributed by atoms with Crippen LogP contribution in [0.5, 0.6) is 5.75 Å². The average molecular weight is 233 g/mol. The van der Waals surface area contributed by atoms with Gasteiger partial charge in [-0.3, -0.25) is 10.1 Å². The van der Waals surface area contributed by atoms with Crippen molar-refractivity contribution in [2.24, 2.45) is 0 Å². The highest BCUT2D eigenvalue weighted by molar-refractivity contribution is 5.51. The van der Waals surface area contributed by atoms with Gasteiger partial charge in [0.15, 0.2) is 5.75 Å². The molecule has 1 aromatic rings. The number of benzene rings is 1. The number of nitro benzene ring substituents is 1. The predicted molar refractivity (Wildman–Crippen MR) is 59.7 cm³/mol. The number of nitrogens with zero attached hydrogens (tertiary/aromatic N) is 2. The summed E-state index contributed by atoms with van der Waals surface area (Å²) in [7, 11) is 0. The standard InChI is InChI=1S/C11H11N3O3/c12-6-8-1-2-11(10(5-8)14(15)16)17-9-3-4-13-7-9/h1-2,5,9,13H,3-4,7H2/t9-/m1/s1. The fourth-order valence-electron chi connectivity index (χ4n) is 1.74. The van der Waals surface area contributed by atoms with E-state index >= 15 is 0 Å². The molecule has 0 aliphatic carbocycles. The second-order valence-electron chi connectivity index (χ2n) is 3.78. The van der Waals surface area contributed by atoms with E-state index in [9.17, 15) is 10.1 Å². The molecule has 2 rings (SSSR count). The zero-order chi connectivity index (χ0) is 12.3. The van der Waals surface area contributed by atoms with E-state index in [1.807, 2.05) is 6.07 Å². The largest absolute Gasteiger partial charge is 0.482 e. The number of ether oxygens (including phenoxy) is 1. The molecule has 88 valence electrons. The second kappa shape index (κ2) is 4.80. The summed E-state index contributed by atoms with van der Waals surface area (Å²) in [4.78, 5) is 10.3. The fourth-order valence-corrected chi connectivity index (χ4v) is 1.74. The molecule has 1 fully saturated rings. The summed E-state index contributed by atoms with van der Waals surface area (Å²) in [6, 6.07) is 6.10. The molecule has 0 aromatic heterocycles. The third-order valence-corrected chi connectivity index (χ3v) is 2.59. The van der Waals surface area contributed by atoms with Crippen LogP contribution in [0.25, 0.3) is 0 Å². The second-order valence-corrected chi connectivity index (χ2v) is 3.78. The maximum atomic E-state index is 10.9. The quantitative estimate of drug-likeness (QED) is 0.626. The van der Waals surface area contributed by atoms with E-state index in [1.165, 1.54) is 18.2 Å². The molecule has 0 saturated carbocycles. The lowest BCUT2D eigenvalue weighted by Gasteiger charge is -2.12. The molecule has 6 heteroatoms. The minimum atomic E-state index is -0.529. The molecule has 0 spiro atoms. The van der Waals surface area contributed by atoms with Gasteiger partial charge >= 0.3 is 5.69 Å². The number of hydrogen-bond donors (Lipinski definition) is 1. The first-order valence-corrected chi connectivity index (χ1v) is 5.26. The minimum absolute atomic E-state index is 0.0402. The molecule has 0 unspecified atom stereocenters. The normalized spacial score (nSPS) is 18.6. The molecule has 1 heterocycles. The van der Waals surface area contributed by atoms with Crippen LogP contribution in [0.2, 0.25) is 0 Å². The number of rotatable bonds is 3. The van der Waals surface area contributed by atoms with Gasteiger partial charge in [-0.1, -0.05) is 0 Å². The molecule has 1 saturated heterocycles. The van der Waals surface area contributed by atoms with E-state index in [4.69, 9.17) is 10.00 Å². The first-order valence-electron chi connectivity index (χ1n) is 5.26. The Bertz CT molecular complexity index is 475. The van der Waals surface area contributed by atoms with E-state index in [-0.39, 0.29) is 23.1 Å². The van der Waals surface area contributed by atoms with Gasteiger partial charge in [0.2, 0.25) is 0 Å². The smallest absolute Gasteiger partial charge is 0.312 e. The lowest BCUT2D eigenvalue weighted by atomic mass is 10.2. The van der Waals surface area contributed by atoms with Crippen LogP contribution in [0.4, 0.5) is 5.69 Å². The lowest BCUT2D eigenvalue weighted by molar-refractivity contribution is -0.386. The summed E-state index contributed by atoms with van der Waals surface area (Å²) in [5.74, 6) is 0.225. The van der Waals surface area contributed by atoms with Crippen molar-refractivity contribution >= 4 is 5.69 Å². The van der Waals surface area contributed by atoms with Gasteiger partial charge in [-0.05, 0) is 25.1 Å². The van der Waals surface area contributed by atoms with Crippen LogP contribution in [-0.2, 0) is 0 Å². The molecule has 1 atom stereocenters. The number of hydrogen-bond acceptors (Lipinski definition) is 5. The van der Waals surface area contributed by atoms with Crippen molar-refractivity contribution in [2.75, 3.05) is 13.1 Å². The van der Waals surface area contributed by atoms with E-state index in [0.29, 0.717) is 6.54 Å². The Morgan fingerprint density at radius 1 is 1.59 bits per heavy atom. The Kier molecular flexibility index (Phi) is 3.21. The molecule has 17 heavy (non-hydrogen) atoms. The van der Waals surface area contributed by atoms with Crippen molar-refractivity contribution in [3.05, 3.63) is 33.9 Å². The fraction of sp³-hybridized carbons (Fsp3) is 0.364. The van der Waals surface area contributed by atoms with E-state index in [2.05, 4.69) is 5.32 Å². The number of nitro groups is 1. The molecule has 6 nitrogen and oxygen atoms in total.